The summed E-state index contributed by atoms with van der Waals surface area (Å²) in [5.41, 5.74) is 1.69. The van der Waals surface area contributed by atoms with E-state index in [4.69, 9.17) is 10.2 Å². The molecule has 0 saturated carbocycles. The van der Waals surface area contributed by atoms with Gasteiger partial charge in [0, 0.05) is 6.42 Å². The van der Waals surface area contributed by atoms with Crippen molar-refractivity contribution in [1.29, 1.82) is 0 Å². The zero-order chi connectivity index (χ0) is 8.97. The Morgan fingerprint density at radius 3 is 2.33 bits per heavy atom. The van der Waals surface area contributed by atoms with Crippen molar-refractivity contribution in [3.8, 4) is 0 Å². The SMILES string of the molecule is C=C(CC(O)O)c1ccccc1. The average molecular weight is 164 g/mol. The van der Waals surface area contributed by atoms with E-state index in [1.165, 1.54) is 0 Å². The van der Waals surface area contributed by atoms with Crippen molar-refractivity contribution in [2.24, 2.45) is 0 Å². The smallest absolute Gasteiger partial charge is 0.155 e. The fourth-order valence-electron chi connectivity index (χ4n) is 1.01. The van der Waals surface area contributed by atoms with Gasteiger partial charge in [0.1, 0.15) is 0 Å². The van der Waals surface area contributed by atoms with Gasteiger partial charge in [-0.1, -0.05) is 36.9 Å². The van der Waals surface area contributed by atoms with E-state index < -0.39 is 6.29 Å². The quantitative estimate of drug-likeness (QED) is 0.663. The van der Waals surface area contributed by atoms with Crippen molar-refractivity contribution in [3.05, 3.63) is 42.5 Å². The predicted molar refractivity (Wildman–Crippen MR) is 48.3 cm³/mol. The lowest BCUT2D eigenvalue weighted by Gasteiger charge is -2.06. The fourth-order valence-corrected chi connectivity index (χ4v) is 1.01. The summed E-state index contributed by atoms with van der Waals surface area (Å²) in [5.74, 6) is 0. The molecule has 0 heterocycles. The van der Waals surface area contributed by atoms with Crippen LogP contribution in [-0.4, -0.2) is 16.5 Å². The molecule has 2 N–H and O–H groups in total. The standard InChI is InChI=1S/C10H12O2/c1-8(7-10(11)12)9-5-3-2-4-6-9/h2-6,10-12H,1,7H2. The summed E-state index contributed by atoms with van der Waals surface area (Å²) < 4.78 is 0. The monoisotopic (exact) mass is 164 g/mol. The largest absolute Gasteiger partial charge is 0.368 e. The molecule has 0 aliphatic heterocycles. The Kier molecular flexibility index (Phi) is 3.02. The van der Waals surface area contributed by atoms with E-state index in [2.05, 4.69) is 6.58 Å². The molecule has 0 bridgehead atoms. The highest BCUT2D eigenvalue weighted by Gasteiger charge is 2.02. The van der Waals surface area contributed by atoms with Gasteiger partial charge in [-0.3, -0.25) is 0 Å². The molecule has 12 heavy (non-hydrogen) atoms. The van der Waals surface area contributed by atoms with Crippen molar-refractivity contribution < 1.29 is 10.2 Å². The molecule has 1 aromatic rings. The summed E-state index contributed by atoms with van der Waals surface area (Å²) in [4.78, 5) is 0. The van der Waals surface area contributed by atoms with Gasteiger partial charge >= 0.3 is 0 Å². The summed E-state index contributed by atoms with van der Waals surface area (Å²) >= 11 is 0. The summed E-state index contributed by atoms with van der Waals surface area (Å²) in [5, 5.41) is 17.4. The molecule has 1 aromatic carbocycles. The summed E-state index contributed by atoms with van der Waals surface area (Å²) in [6.07, 6.45) is -1.11. The van der Waals surface area contributed by atoms with Crippen LogP contribution in [0.15, 0.2) is 36.9 Å². The van der Waals surface area contributed by atoms with Crippen molar-refractivity contribution >= 4 is 5.57 Å². The minimum absolute atomic E-state index is 0.198. The Labute approximate surface area is 71.8 Å². The Balaban J connectivity index is 2.66. The van der Waals surface area contributed by atoms with Crippen LogP contribution in [0, 0.1) is 0 Å². The first-order valence-electron chi connectivity index (χ1n) is 3.79. The topological polar surface area (TPSA) is 40.5 Å². The zero-order valence-corrected chi connectivity index (χ0v) is 6.77. The van der Waals surface area contributed by atoms with Crippen LogP contribution in [0.5, 0.6) is 0 Å². The molecule has 0 aliphatic carbocycles. The normalized spacial score (nSPS) is 10.2. The first-order chi connectivity index (χ1) is 5.70. The van der Waals surface area contributed by atoms with Gasteiger partial charge in [0.2, 0.25) is 0 Å². The third kappa shape index (κ3) is 2.49. The first kappa shape index (κ1) is 8.97. The van der Waals surface area contributed by atoms with Gasteiger partial charge in [-0.15, -0.1) is 0 Å². The number of aliphatic hydroxyl groups is 2. The lowest BCUT2D eigenvalue weighted by Crippen LogP contribution is -2.04. The predicted octanol–water partition coefficient (Wildman–Crippen LogP) is 1.40. The van der Waals surface area contributed by atoms with Crippen LogP contribution in [-0.2, 0) is 0 Å². The van der Waals surface area contributed by atoms with Gasteiger partial charge in [0.15, 0.2) is 6.29 Å². The molecule has 0 fully saturated rings. The maximum atomic E-state index is 8.68. The van der Waals surface area contributed by atoms with E-state index in [1.54, 1.807) is 0 Å². The minimum atomic E-state index is -1.31. The molecule has 64 valence electrons. The van der Waals surface area contributed by atoms with Gasteiger partial charge in [0.25, 0.3) is 0 Å². The lowest BCUT2D eigenvalue weighted by atomic mass is 10.1. The first-order valence-corrected chi connectivity index (χ1v) is 3.79. The lowest BCUT2D eigenvalue weighted by molar-refractivity contribution is -0.0342. The number of rotatable bonds is 3. The Morgan fingerprint density at radius 2 is 1.83 bits per heavy atom. The fraction of sp³-hybridized carbons (Fsp3) is 0.200. The van der Waals surface area contributed by atoms with E-state index in [1.807, 2.05) is 30.3 Å². The van der Waals surface area contributed by atoms with Crippen LogP contribution in [0.25, 0.3) is 5.57 Å². The third-order valence-corrected chi connectivity index (χ3v) is 1.61. The number of hydrogen-bond donors (Lipinski definition) is 2. The van der Waals surface area contributed by atoms with Crippen molar-refractivity contribution in [2.75, 3.05) is 0 Å². The maximum Gasteiger partial charge on any atom is 0.155 e. The van der Waals surface area contributed by atoms with Crippen molar-refractivity contribution in [2.45, 2.75) is 12.7 Å². The zero-order valence-electron chi connectivity index (χ0n) is 6.77. The second-order valence-corrected chi connectivity index (χ2v) is 2.65. The van der Waals surface area contributed by atoms with Gasteiger partial charge in [-0.25, -0.2) is 0 Å². The maximum absolute atomic E-state index is 8.68. The Hall–Kier alpha value is -1.12. The highest BCUT2D eigenvalue weighted by molar-refractivity contribution is 5.63. The van der Waals surface area contributed by atoms with Gasteiger partial charge < -0.3 is 10.2 Å². The minimum Gasteiger partial charge on any atom is -0.368 e. The molecule has 2 nitrogen and oxygen atoms in total. The molecule has 0 aliphatic rings. The van der Waals surface area contributed by atoms with E-state index in [0.717, 1.165) is 11.1 Å². The molecule has 0 radical (unpaired) electrons. The molecule has 0 unspecified atom stereocenters. The molecular formula is C10H12O2. The molecule has 0 saturated heterocycles. The second-order valence-electron chi connectivity index (χ2n) is 2.65. The van der Waals surface area contributed by atoms with E-state index in [-0.39, 0.29) is 6.42 Å². The Morgan fingerprint density at radius 1 is 1.25 bits per heavy atom. The van der Waals surface area contributed by atoms with Gasteiger partial charge in [-0.2, -0.15) is 0 Å². The van der Waals surface area contributed by atoms with Crippen molar-refractivity contribution in [1.82, 2.24) is 0 Å². The third-order valence-electron chi connectivity index (χ3n) is 1.61. The van der Waals surface area contributed by atoms with E-state index >= 15 is 0 Å². The Bertz CT molecular complexity index is 252. The summed E-state index contributed by atoms with van der Waals surface area (Å²) in [6, 6.07) is 9.48. The number of hydrogen-bond acceptors (Lipinski definition) is 2. The number of aliphatic hydroxyl groups excluding tert-OH is 1. The molecule has 1 rings (SSSR count). The van der Waals surface area contributed by atoms with Crippen LogP contribution in [0.4, 0.5) is 0 Å². The van der Waals surface area contributed by atoms with E-state index in [0.29, 0.717) is 0 Å². The highest BCUT2D eigenvalue weighted by Crippen LogP contribution is 2.16. The van der Waals surface area contributed by atoms with Crippen LogP contribution in [0.2, 0.25) is 0 Å². The summed E-state index contributed by atoms with van der Waals surface area (Å²) in [6.45, 7) is 3.75. The van der Waals surface area contributed by atoms with Gasteiger partial charge in [0.05, 0.1) is 0 Å². The molecule has 0 amide bonds. The molecular weight excluding hydrogens is 152 g/mol. The average Bonchev–Trinajstić information content (AvgIpc) is 2.05. The summed E-state index contributed by atoms with van der Waals surface area (Å²) in [7, 11) is 0. The van der Waals surface area contributed by atoms with Gasteiger partial charge in [-0.05, 0) is 11.1 Å². The second kappa shape index (κ2) is 4.04. The number of benzene rings is 1. The van der Waals surface area contributed by atoms with Crippen molar-refractivity contribution in [3.63, 3.8) is 0 Å². The molecule has 2 heteroatoms. The van der Waals surface area contributed by atoms with Crippen LogP contribution in [0.1, 0.15) is 12.0 Å². The highest BCUT2D eigenvalue weighted by atomic mass is 16.5. The molecule has 0 spiro atoms. The molecule has 0 atom stereocenters. The molecule has 0 aromatic heterocycles. The van der Waals surface area contributed by atoms with Crippen LogP contribution in [0.3, 0.4) is 0 Å². The van der Waals surface area contributed by atoms with Crippen LogP contribution >= 0.6 is 0 Å². The van der Waals surface area contributed by atoms with Crippen LogP contribution < -0.4 is 0 Å². The van der Waals surface area contributed by atoms with E-state index in [9.17, 15) is 0 Å².